The fraction of sp³-hybridized carbons (Fsp3) is 0.0476. The van der Waals surface area contributed by atoms with Gasteiger partial charge in [-0.1, -0.05) is 47.1 Å². The van der Waals surface area contributed by atoms with Gasteiger partial charge in [0.25, 0.3) is 11.6 Å². The molecule has 0 aliphatic carbocycles. The van der Waals surface area contributed by atoms with Crippen molar-refractivity contribution in [1.29, 1.82) is 0 Å². The van der Waals surface area contributed by atoms with E-state index in [1.54, 1.807) is 31.5 Å². The summed E-state index contributed by atoms with van der Waals surface area (Å²) in [5.74, 6) is 1.19. The Balaban J connectivity index is 1.57. The predicted molar refractivity (Wildman–Crippen MR) is 108 cm³/mol. The quantitative estimate of drug-likeness (QED) is 0.403. The second-order valence-corrected chi connectivity index (χ2v) is 6.67. The standard InChI is InChI=1S/C21H13ClN4O3/c1-27-17-10-14(22)7-8-15(17)21-25-24-19(28-21)13-9-16-18(12-5-3-2-4-6-12)26-29-20(16)23-11-13/h2-11H,1H3. The Labute approximate surface area is 169 Å². The molecule has 142 valence electrons. The van der Waals surface area contributed by atoms with Crippen LogP contribution in [0.15, 0.2) is 69.7 Å². The molecule has 0 saturated carbocycles. The molecule has 5 rings (SSSR count). The Morgan fingerprint density at radius 2 is 1.76 bits per heavy atom. The summed E-state index contributed by atoms with van der Waals surface area (Å²) in [6.07, 6.45) is 1.61. The molecule has 0 aliphatic rings. The van der Waals surface area contributed by atoms with E-state index in [-0.39, 0.29) is 0 Å². The van der Waals surface area contributed by atoms with Gasteiger partial charge in [-0.3, -0.25) is 0 Å². The molecule has 0 amide bonds. The van der Waals surface area contributed by atoms with E-state index in [0.717, 1.165) is 10.9 Å². The van der Waals surface area contributed by atoms with Gasteiger partial charge in [0.2, 0.25) is 5.89 Å². The average Bonchev–Trinajstić information content (AvgIpc) is 3.41. The fourth-order valence-corrected chi connectivity index (χ4v) is 3.21. The van der Waals surface area contributed by atoms with E-state index >= 15 is 0 Å². The molecular weight excluding hydrogens is 392 g/mol. The molecule has 0 unspecified atom stereocenters. The lowest BCUT2D eigenvalue weighted by Gasteiger charge is -2.04. The predicted octanol–water partition coefficient (Wildman–Crippen LogP) is 5.27. The van der Waals surface area contributed by atoms with Crippen LogP contribution in [0.5, 0.6) is 5.75 Å². The smallest absolute Gasteiger partial charge is 0.258 e. The van der Waals surface area contributed by atoms with E-state index in [1.807, 2.05) is 36.4 Å². The molecule has 7 nitrogen and oxygen atoms in total. The second kappa shape index (κ2) is 7.03. The summed E-state index contributed by atoms with van der Waals surface area (Å²) >= 11 is 6.02. The van der Waals surface area contributed by atoms with Crippen LogP contribution in [-0.4, -0.2) is 27.4 Å². The lowest BCUT2D eigenvalue weighted by molar-refractivity contribution is 0.414. The Bertz CT molecular complexity index is 1310. The van der Waals surface area contributed by atoms with Crippen LogP contribution in [0.2, 0.25) is 5.02 Å². The van der Waals surface area contributed by atoms with Crippen LogP contribution >= 0.6 is 11.6 Å². The number of hydrogen-bond acceptors (Lipinski definition) is 7. The zero-order valence-electron chi connectivity index (χ0n) is 15.2. The summed E-state index contributed by atoms with van der Waals surface area (Å²) in [4.78, 5) is 4.33. The monoisotopic (exact) mass is 404 g/mol. The SMILES string of the molecule is COc1cc(Cl)ccc1-c1nnc(-c2cnc3onc(-c4ccccc4)c3c2)o1. The van der Waals surface area contributed by atoms with Crippen LogP contribution < -0.4 is 4.74 Å². The van der Waals surface area contributed by atoms with Crippen molar-refractivity contribution in [2.45, 2.75) is 0 Å². The summed E-state index contributed by atoms with van der Waals surface area (Å²) in [5, 5.41) is 13.8. The molecule has 0 N–H and O–H groups in total. The first-order chi connectivity index (χ1) is 14.2. The third-order valence-electron chi connectivity index (χ3n) is 4.44. The molecule has 3 heterocycles. The van der Waals surface area contributed by atoms with Crippen LogP contribution in [0.3, 0.4) is 0 Å². The summed E-state index contributed by atoms with van der Waals surface area (Å²) in [6.45, 7) is 0. The Morgan fingerprint density at radius 3 is 2.59 bits per heavy atom. The molecule has 0 spiro atoms. The lowest BCUT2D eigenvalue weighted by atomic mass is 10.1. The zero-order valence-corrected chi connectivity index (χ0v) is 15.9. The maximum Gasteiger partial charge on any atom is 0.258 e. The van der Waals surface area contributed by atoms with Crippen LogP contribution in [0.25, 0.3) is 45.3 Å². The molecule has 3 aromatic heterocycles. The maximum atomic E-state index is 6.02. The fourth-order valence-electron chi connectivity index (χ4n) is 3.04. The third-order valence-corrected chi connectivity index (χ3v) is 4.68. The number of aromatic nitrogens is 4. The van der Waals surface area contributed by atoms with Crippen molar-refractivity contribution in [2.24, 2.45) is 0 Å². The minimum atomic E-state index is 0.321. The van der Waals surface area contributed by atoms with Gasteiger partial charge in [-0.25, -0.2) is 4.98 Å². The largest absolute Gasteiger partial charge is 0.496 e. The molecule has 29 heavy (non-hydrogen) atoms. The highest BCUT2D eigenvalue weighted by molar-refractivity contribution is 6.30. The summed E-state index contributed by atoms with van der Waals surface area (Å²) in [7, 11) is 1.56. The molecule has 0 radical (unpaired) electrons. The highest BCUT2D eigenvalue weighted by atomic mass is 35.5. The minimum Gasteiger partial charge on any atom is -0.496 e. The van der Waals surface area contributed by atoms with Crippen molar-refractivity contribution < 1.29 is 13.7 Å². The zero-order chi connectivity index (χ0) is 19.8. The molecule has 0 bridgehead atoms. The number of benzene rings is 2. The number of halogens is 1. The van der Waals surface area contributed by atoms with Crippen LogP contribution in [0.4, 0.5) is 0 Å². The van der Waals surface area contributed by atoms with E-state index in [2.05, 4.69) is 20.3 Å². The maximum absolute atomic E-state index is 6.02. The van der Waals surface area contributed by atoms with Gasteiger partial charge in [0.1, 0.15) is 11.4 Å². The number of methoxy groups -OCH3 is 1. The number of fused-ring (bicyclic) bond motifs is 1. The first kappa shape index (κ1) is 17.4. The first-order valence-corrected chi connectivity index (χ1v) is 9.09. The molecule has 8 heteroatoms. The Morgan fingerprint density at radius 1 is 0.931 bits per heavy atom. The van der Waals surface area contributed by atoms with E-state index in [9.17, 15) is 0 Å². The van der Waals surface area contributed by atoms with Gasteiger partial charge in [-0.05, 0) is 24.3 Å². The van der Waals surface area contributed by atoms with E-state index < -0.39 is 0 Å². The topological polar surface area (TPSA) is 87.1 Å². The van der Waals surface area contributed by atoms with Gasteiger partial charge in [0.15, 0.2) is 0 Å². The Hall–Kier alpha value is -3.71. The molecule has 0 atom stereocenters. The van der Waals surface area contributed by atoms with Gasteiger partial charge in [-0.15, -0.1) is 10.2 Å². The number of hydrogen-bond donors (Lipinski definition) is 0. The second-order valence-electron chi connectivity index (χ2n) is 6.23. The van der Waals surface area contributed by atoms with Crippen molar-refractivity contribution in [3.63, 3.8) is 0 Å². The number of ether oxygens (including phenoxy) is 1. The lowest BCUT2D eigenvalue weighted by Crippen LogP contribution is -1.87. The first-order valence-electron chi connectivity index (χ1n) is 8.71. The van der Waals surface area contributed by atoms with Crippen LogP contribution in [0, 0.1) is 0 Å². The number of pyridine rings is 1. The summed E-state index contributed by atoms with van der Waals surface area (Å²) in [5.41, 5.74) is 3.38. The van der Waals surface area contributed by atoms with Crippen molar-refractivity contribution in [3.05, 3.63) is 65.8 Å². The molecule has 2 aromatic carbocycles. The molecule has 0 fully saturated rings. The van der Waals surface area contributed by atoms with E-state index in [1.165, 1.54) is 0 Å². The van der Waals surface area contributed by atoms with Gasteiger partial charge < -0.3 is 13.7 Å². The summed E-state index contributed by atoms with van der Waals surface area (Å²) < 4.78 is 16.6. The van der Waals surface area contributed by atoms with Crippen molar-refractivity contribution >= 4 is 22.7 Å². The minimum absolute atomic E-state index is 0.321. The van der Waals surface area contributed by atoms with E-state index in [4.69, 9.17) is 25.3 Å². The highest BCUT2D eigenvalue weighted by Crippen LogP contribution is 2.34. The summed E-state index contributed by atoms with van der Waals surface area (Å²) in [6, 6.07) is 16.8. The van der Waals surface area contributed by atoms with Crippen molar-refractivity contribution in [2.75, 3.05) is 7.11 Å². The normalized spacial score (nSPS) is 11.1. The van der Waals surface area contributed by atoms with Crippen LogP contribution in [-0.2, 0) is 0 Å². The van der Waals surface area contributed by atoms with Crippen molar-refractivity contribution in [1.82, 2.24) is 20.3 Å². The van der Waals surface area contributed by atoms with Gasteiger partial charge in [0.05, 0.1) is 23.6 Å². The Kier molecular flexibility index (Phi) is 4.22. The molecule has 0 saturated heterocycles. The third kappa shape index (κ3) is 3.11. The van der Waals surface area contributed by atoms with Crippen molar-refractivity contribution in [3.8, 4) is 39.9 Å². The van der Waals surface area contributed by atoms with Gasteiger partial charge in [-0.2, -0.15) is 0 Å². The van der Waals surface area contributed by atoms with Crippen LogP contribution in [0.1, 0.15) is 0 Å². The van der Waals surface area contributed by atoms with Gasteiger partial charge >= 0.3 is 0 Å². The van der Waals surface area contributed by atoms with Gasteiger partial charge in [0, 0.05) is 16.8 Å². The molecule has 5 aromatic rings. The van der Waals surface area contributed by atoms with E-state index in [0.29, 0.717) is 45.1 Å². The number of nitrogens with zero attached hydrogens (tertiary/aromatic N) is 4. The molecular formula is C21H13ClN4O3. The number of rotatable bonds is 4. The highest BCUT2D eigenvalue weighted by Gasteiger charge is 2.18. The average molecular weight is 405 g/mol. The molecule has 0 aliphatic heterocycles.